The lowest BCUT2D eigenvalue weighted by Crippen LogP contribution is -2.23. The molecule has 0 aliphatic carbocycles. The Labute approximate surface area is 116 Å². The first kappa shape index (κ1) is 15.4. The maximum atomic E-state index is 5.72. The van der Waals surface area contributed by atoms with E-state index in [2.05, 4.69) is 37.4 Å². The Bertz CT molecular complexity index is 330. The molecule has 0 radical (unpaired) electrons. The van der Waals surface area contributed by atoms with E-state index in [1.54, 1.807) is 0 Å². The topological polar surface area (TPSA) is 21.3 Å². The Kier molecular flexibility index (Phi) is 7.94. The summed E-state index contributed by atoms with van der Waals surface area (Å²) in [5, 5.41) is 3.56. The van der Waals surface area contributed by atoms with Crippen molar-refractivity contribution in [2.75, 3.05) is 24.7 Å². The van der Waals surface area contributed by atoms with Gasteiger partial charge >= 0.3 is 0 Å². The molecule has 1 aromatic rings. The summed E-state index contributed by atoms with van der Waals surface area (Å²) in [6, 6.07) is 8.75. The molecule has 3 heteroatoms. The van der Waals surface area contributed by atoms with Gasteiger partial charge < -0.3 is 10.1 Å². The van der Waals surface area contributed by atoms with Crippen molar-refractivity contribution in [2.45, 2.75) is 33.2 Å². The van der Waals surface area contributed by atoms with E-state index in [9.17, 15) is 0 Å². The van der Waals surface area contributed by atoms with Crippen LogP contribution in [0.15, 0.2) is 24.3 Å². The normalized spacial score (nSPS) is 12.4. The lowest BCUT2D eigenvalue weighted by molar-refractivity contribution is 0.333. The van der Waals surface area contributed by atoms with Crippen LogP contribution in [0, 0.1) is 0 Å². The van der Waals surface area contributed by atoms with E-state index in [1.165, 1.54) is 17.7 Å². The zero-order valence-corrected chi connectivity index (χ0v) is 12.6. The van der Waals surface area contributed by atoms with Gasteiger partial charge in [-0.25, -0.2) is 0 Å². The third-order valence-corrected chi connectivity index (χ3v) is 3.94. The Morgan fingerprint density at radius 3 is 2.67 bits per heavy atom. The maximum absolute atomic E-state index is 5.72. The van der Waals surface area contributed by atoms with Crippen LogP contribution in [-0.4, -0.2) is 24.7 Å². The summed E-state index contributed by atoms with van der Waals surface area (Å²) in [5.74, 6) is 3.34. The fourth-order valence-corrected chi connectivity index (χ4v) is 2.89. The largest absolute Gasteiger partial charge is 0.494 e. The summed E-state index contributed by atoms with van der Waals surface area (Å²) in [7, 11) is 0. The zero-order chi connectivity index (χ0) is 13.2. The monoisotopic (exact) mass is 267 g/mol. The van der Waals surface area contributed by atoms with Crippen molar-refractivity contribution in [3.05, 3.63) is 29.8 Å². The lowest BCUT2D eigenvalue weighted by Gasteiger charge is -2.21. The Morgan fingerprint density at radius 1 is 1.22 bits per heavy atom. The third kappa shape index (κ3) is 4.91. The molecule has 0 saturated carbocycles. The van der Waals surface area contributed by atoms with E-state index in [0.717, 1.165) is 24.7 Å². The van der Waals surface area contributed by atoms with E-state index in [1.807, 2.05) is 24.8 Å². The molecule has 102 valence electrons. The molecule has 0 fully saturated rings. The van der Waals surface area contributed by atoms with Gasteiger partial charge in [-0.05, 0) is 31.7 Å². The summed E-state index contributed by atoms with van der Waals surface area (Å²) in [6.45, 7) is 8.12. The maximum Gasteiger partial charge on any atom is 0.124 e. The predicted octanol–water partition coefficient (Wildman–Crippen LogP) is 3.88. The van der Waals surface area contributed by atoms with Crippen molar-refractivity contribution in [1.82, 2.24) is 5.32 Å². The van der Waals surface area contributed by atoms with Crippen molar-refractivity contribution >= 4 is 11.8 Å². The van der Waals surface area contributed by atoms with Gasteiger partial charge in [0, 0.05) is 17.4 Å². The second-order valence-electron chi connectivity index (χ2n) is 4.16. The van der Waals surface area contributed by atoms with E-state index in [0.29, 0.717) is 6.04 Å². The van der Waals surface area contributed by atoms with Gasteiger partial charge in [0.15, 0.2) is 0 Å². The van der Waals surface area contributed by atoms with Crippen molar-refractivity contribution in [1.29, 1.82) is 0 Å². The van der Waals surface area contributed by atoms with Crippen molar-refractivity contribution in [2.24, 2.45) is 0 Å². The van der Waals surface area contributed by atoms with Crippen molar-refractivity contribution in [3.8, 4) is 5.75 Å². The Morgan fingerprint density at radius 2 is 2.00 bits per heavy atom. The molecule has 2 nitrogen and oxygen atoms in total. The molecular formula is C15H25NOS. The fraction of sp³-hybridized carbons (Fsp3) is 0.600. The van der Waals surface area contributed by atoms with Crippen molar-refractivity contribution < 1.29 is 4.74 Å². The molecule has 0 saturated heterocycles. The Balaban J connectivity index is 2.76. The van der Waals surface area contributed by atoms with E-state index < -0.39 is 0 Å². The highest BCUT2D eigenvalue weighted by molar-refractivity contribution is 7.99. The van der Waals surface area contributed by atoms with E-state index in [-0.39, 0.29) is 0 Å². The molecule has 1 aromatic carbocycles. The molecule has 1 atom stereocenters. The number of rotatable bonds is 9. The average molecular weight is 267 g/mol. The smallest absolute Gasteiger partial charge is 0.124 e. The first-order valence-corrected chi connectivity index (χ1v) is 8.01. The minimum absolute atomic E-state index is 0.384. The molecule has 0 spiro atoms. The number of hydrogen-bond acceptors (Lipinski definition) is 3. The molecular weight excluding hydrogens is 242 g/mol. The summed E-state index contributed by atoms with van der Waals surface area (Å²) < 4.78 is 5.72. The van der Waals surface area contributed by atoms with Crippen LogP contribution < -0.4 is 10.1 Å². The summed E-state index contributed by atoms with van der Waals surface area (Å²) in [5.41, 5.74) is 1.28. The SMILES string of the molecule is CCCSCC(NCC)c1ccccc1OCC. The van der Waals surface area contributed by atoms with Gasteiger partial charge in [0.2, 0.25) is 0 Å². The number of hydrogen-bond donors (Lipinski definition) is 1. The highest BCUT2D eigenvalue weighted by atomic mass is 32.2. The fourth-order valence-electron chi connectivity index (χ4n) is 1.91. The van der Waals surface area contributed by atoms with Gasteiger partial charge in [0.25, 0.3) is 0 Å². The second-order valence-corrected chi connectivity index (χ2v) is 5.31. The minimum atomic E-state index is 0.384. The van der Waals surface area contributed by atoms with Gasteiger partial charge in [0.05, 0.1) is 6.61 Å². The van der Waals surface area contributed by atoms with Crippen LogP contribution in [0.25, 0.3) is 0 Å². The number of ether oxygens (including phenoxy) is 1. The molecule has 0 aliphatic heterocycles. The van der Waals surface area contributed by atoms with Gasteiger partial charge in [-0.1, -0.05) is 32.0 Å². The van der Waals surface area contributed by atoms with Gasteiger partial charge in [-0.3, -0.25) is 0 Å². The van der Waals surface area contributed by atoms with Crippen LogP contribution in [0.4, 0.5) is 0 Å². The standard InChI is InChI=1S/C15H25NOS/c1-4-11-18-12-14(16-5-2)13-9-7-8-10-15(13)17-6-3/h7-10,14,16H,4-6,11-12H2,1-3H3. The number of thioether (sulfide) groups is 1. The molecule has 1 unspecified atom stereocenters. The van der Waals surface area contributed by atoms with Crippen molar-refractivity contribution in [3.63, 3.8) is 0 Å². The number of para-hydroxylation sites is 1. The molecule has 18 heavy (non-hydrogen) atoms. The second kappa shape index (κ2) is 9.29. The van der Waals surface area contributed by atoms with Crippen LogP contribution in [-0.2, 0) is 0 Å². The van der Waals surface area contributed by atoms with Gasteiger partial charge in [0.1, 0.15) is 5.75 Å². The Hall–Kier alpha value is -0.670. The quantitative estimate of drug-likeness (QED) is 0.686. The van der Waals surface area contributed by atoms with Crippen LogP contribution >= 0.6 is 11.8 Å². The highest BCUT2D eigenvalue weighted by Crippen LogP contribution is 2.27. The van der Waals surface area contributed by atoms with Crippen LogP contribution in [0.3, 0.4) is 0 Å². The third-order valence-electron chi connectivity index (χ3n) is 2.68. The van der Waals surface area contributed by atoms with E-state index in [4.69, 9.17) is 4.74 Å². The summed E-state index contributed by atoms with van der Waals surface area (Å²) >= 11 is 2.00. The minimum Gasteiger partial charge on any atom is -0.494 e. The number of nitrogens with one attached hydrogen (secondary N) is 1. The average Bonchev–Trinajstić information content (AvgIpc) is 2.39. The lowest BCUT2D eigenvalue weighted by atomic mass is 10.1. The molecule has 0 amide bonds. The van der Waals surface area contributed by atoms with E-state index >= 15 is 0 Å². The van der Waals surface area contributed by atoms with Crippen LogP contribution in [0.2, 0.25) is 0 Å². The number of benzene rings is 1. The molecule has 0 bridgehead atoms. The molecule has 1 N–H and O–H groups in total. The van der Waals surface area contributed by atoms with Gasteiger partial charge in [-0.2, -0.15) is 11.8 Å². The first-order chi connectivity index (χ1) is 8.83. The predicted molar refractivity (Wildman–Crippen MR) is 81.6 cm³/mol. The summed E-state index contributed by atoms with van der Waals surface area (Å²) in [6.07, 6.45) is 1.23. The molecule has 1 rings (SSSR count). The molecule has 0 aliphatic rings. The zero-order valence-electron chi connectivity index (χ0n) is 11.7. The van der Waals surface area contributed by atoms with Gasteiger partial charge in [-0.15, -0.1) is 0 Å². The molecule has 0 aromatic heterocycles. The van der Waals surface area contributed by atoms with Crippen LogP contribution in [0.1, 0.15) is 38.8 Å². The first-order valence-electron chi connectivity index (χ1n) is 6.86. The molecule has 0 heterocycles. The highest BCUT2D eigenvalue weighted by Gasteiger charge is 2.14. The summed E-state index contributed by atoms with van der Waals surface area (Å²) in [4.78, 5) is 0. The van der Waals surface area contributed by atoms with Crippen LogP contribution in [0.5, 0.6) is 5.75 Å².